The van der Waals surface area contributed by atoms with E-state index in [1.54, 1.807) is 0 Å². The Morgan fingerprint density at radius 2 is 1.69 bits per heavy atom. The zero-order chi connectivity index (χ0) is 21.2. The Labute approximate surface area is 168 Å². The number of halogens is 3. The molecule has 0 spiro atoms. The number of nitrogens with zero attached hydrogens (tertiary/aromatic N) is 1. The first-order valence-electron chi connectivity index (χ1n) is 8.14. The summed E-state index contributed by atoms with van der Waals surface area (Å²) in [5.41, 5.74) is -0.0569. The van der Waals surface area contributed by atoms with Crippen molar-refractivity contribution in [2.45, 2.75) is 18.4 Å². The standard InChI is InChI=1S/C18H14F3N3O3S2/c1-10-16(17(25)22-9-13-14(20)3-2-4-15(13)21)28-18(23-10)24-29(26,27)12-7-5-11(19)6-8-12/h2-8H,9H2,1H3,(H,22,25)(H,23,24). The summed E-state index contributed by atoms with van der Waals surface area (Å²) in [5, 5.41) is 2.31. The van der Waals surface area contributed by atoms with Crippen LogP contribution in [0.3, 0.4) is 0 Å². The van der Waals surface area contributed by atoms with E-state index in [9.17, 15) is 26.4 Å². The Bertz CT molecular complexity index is 1140. The molecule has 0 fully saturated rings. The minimum absolute atomic E-state index is 0.0750. The van der Waals surface area contributed by atoms with Gasteiger partial charge in [0.1, 0.15) is 22.3 Å². The van der Waals surface area contributed by atoms with E-state index in [1.807, 2.05) is 0 Å². The molecule has 0 atom stereocenters. The van der Waals surface area contributed by atoms with Crippen LogP contribution in [0.15, 0.2) is 47.4 Å². The second-order valence-electron chi connectivity index (χ2n) is 5.88. The number of rotatable bonds is 6. The number of aryl methyl sites for hydroxylation is 1. The Hall–Kier alpha value is -2.92. The summed E-state index contributed by atoms with van der Waals surface area (Å²) in [6.07, 6.45) is 0. The number of benzene rings is 2. The molecular formula is C18H14F3N3O3S2. The second kappa shape index (κ2) is 8.21. The van der Waals surface area contributed by atoms with Crippen LogP contribution >= 0.6 is 11.3 Å². The number of hydrogen-bond donors (Lipinski definition) is 2. The van der Waals surface area contributed by atoms with Crippen LogP contribution in [0, 0.1) is 24.4 Å². The van der Waals surface area contributed by atoms with Gasteiger partial charge in [-0.05, 0) is 43.3 Å². The van der Waals surface area contributed by atoms with Gasteiger partial charge in [-0.1, -0.05) is 17.4 Å². The molecule has 11 heteroatoms. The van der Waals surface area contributed by atoms with Gasteiger partial charge in [0.2, 0.25) is 0 Å². The molecule has 0 radical (unpaired) electrons. The molecule has 1 amide bonds. The van der Waals surface area contributed by atoms with E-state index >= 15 is 0 Å². The van der Waals surface area contributed by atoms with Crippen LogP contribution in [-0.4, -0.2) is 19.3 Å². The molecular weight excluding hydrogens is 427 g/mol. The van der Waals surface area contributed by atoms with Gasteiger partial charge in [-0.2, -0.15) is 0 Å². The van der Waals surface area contributed by atoms with Crippen molar-refractivity contribution in [1.29, 1.82) is 0 Å². The highest BCUT2D eigenvalue weighted by Crippen LogP contribution is 2.25. The number of amides is 1. The number of nitrogens with one attached hydrogen (secondary N) is 2. The lowest BCUT2D eigenvalue weighted by Gasteiger charge is -2.06. The third-order valence-corrected chi connectivity index (χ3v) is 6.39. The second-order valence-corrected chi connectivity index (χ2v) is 8.56. The van der Waals surface area contributed by atoms with Crippen LogP contribution in [0.4, 0.5) is 18.3 Å². The predicted molar refractivity (Wildman–Crippen MR) is 102 cm³/mol. The van der Waals surface area contributed by atoms with Gasteiger partial charge in [-0.15, -0.1) is 0 Å². The molecule has 0 saturated heterocycles. The summed E-state index contributed by atoms with van der Waals surface area (Å²) in [6.45, 7) is 1.11. The third-order valence-electron chi connectivity index (χ3n) is 3.84. The van der Waals surface area contributed by atoms with E-state index < -0.39 is 33.4 Å². The summed E-state index contributed by atoms with van der Waals surface area (Å²) in [5.74, 6) is -2.83. The van der Waals surface area contributed by atoms with Gasteiger partial charge in [0.05, 0.1) is 10.6 Å². The molecule has 0 unspecified atom stereocenters. The third kappa shape index (κ3) is 4.74. The average Bonchev–Trinajstić information content (AvgIpc) is 3.01. The quantitative estimate of drug-likeness (QED) is 0.612. The molecule has 2 aromatic carbocycles. The zero-order valence-electron chi connectivity index (χ0n) is 14.9. The van der Waals surface area contributed by atoms with Gasteiger partial charge in [-0.25, -0.2) is 26.6 Å². The molecule has 1 heterocycles. The zero-order valence-corrected chi connectivity index (χ0v) is 16.5. The average molecular weight is 441 g/mol. The number of carbonyl (C=O) groups is 1. The monoisotopic (exact) mass is 441 g/mol. The van der Waals surface area contributed by atoms with E-state index in [4.69, 9.17) is 0 Å². The molecule has 6 nitrogen and oxygen atoms in total. The largest absolute Gasteiger partial charge is 0.347 e. The van der Waals surface area contributed by atoms with Gasteiger partial charge in [-0.3, -0.25) is 9.52 Å². The van der Waals surface area contributed by atoms with Crippen molar-refractivity contribution in [1.82, 2.24) is 10.3 Å². The first-order valence-corrected chi connectivity index (χ1v) is 10.4. The van der Waals surface area contributed by atoms with Crippen LogP contribution in [0.2, 0.25) is 0 Å². The van der Waals surface area contributed by atoms with Crippen LogP contribution in [0.25, 0.3) is 0 Å². The summed E-state index contributed by atoms with van der Waals surface area (Å²) in [6, 6.07) is 7.55. The van der Waals surface area contributed by atoms with Crippen LogP contribution in [0.1, 0.15) is 20.9 Å². The molecule has 0 bridgehead atoms. The lowest BCUT2D eigenvalue weighted by Crippen LogP contribution is -2.23. The number of sulfonamides is 1. The Morgan fingerprint density at radius 3 is 2.31 bits per heavy atom. The molecule has 0 saturated carbocycles. The summed E-state index contributed by atoms with van der Waals surface area (Å²) in [4.78, 5) is 16.2. The van der Waals surface area contributed by atoms with Gasteiger partial charge in [0.15, 0.2) is 5.13 Å². The van der Waals surface area contributed by atoms with Crippen molar-refractivity contribution < 1.29 is 26.4 Å². The number of thiazole rings is 1. The smallest absolute Gasteiger partial charge is 0.263 e. The highest BCUT2D eigenvalue weighted by Gasteiger charge is 2.21. The van der Waals surface area contributed by atoms with Gasteiger partial charge in [0.25, 0.3) is 15.9 Å². The SMILES string of the molecule is Cc1nc(NS(=O)(=O)c2ccc(F)cc2)sc1C(=O)NCc1c(F)cccc1F. The van der Waals surface area contributed by atoms with Crippen molar-refractivity contribution in [3.8, 4) is 0 Å². The topological polar surface area (TPSA) is 88.2 Å². The molecule has 152 valence electrons. The van der Waals surface area contributed by atoms with Gasteiger partial charge in [0, 0.05) is 12.1 Å². The van der Waals surface area contributed by atoms with Gasteiger partial charge >= 0.3 is 0 Å². The Kier molecular flexibility index (Phi) is 5.89. The summed E-state index contributed by atoms with van der Waals surface area (Å²) in [7, 11) is -4.03. The van der Waals surface area contributed by atoms with E-state index in [0.29, 0.717) is 0 Å². The number of aromatic nitrogens is 1. The number of carbonyl (C=O) groups excluding carboxylic acids is 1. The summed E-state index contributed by atoms with van der Waals surface area (Å²) >= 11 is 0.761. The van der Waals surface area contributed by atoms with Crippen molar-refractivity contribution in [2.24, 2.45) is 0 Å². The minimum Gasteiger partial charge on any atom is -0.347 e. The van der Waals surface area contributed by atoms with Gasteiger partial charge < -0.3 is 5.32 Å². The molecule has 0 aliphatic rings. The Balaban J connectivity index is 1.74. The fourth-order valence-electron chi connectivity index (χ4n) is 2.39. The lowest BCUT2D eigenvalue weighted by atomic mass is 10.2. The van der Waals surface area contributed by atoms with Crippen molar-refractivity contribution in [3.63, 3.8) is 0 Å². The molecule has 3 aromatic rings. The van der Waals surface area contributed by atoms with Crippen LogP contribution in [0.5, 0.6) is 0 Å². The maximum absolute atomic E-state index is 13.7. The van der Waals surface area contributed by atoms with Crippen molar-refractivity contribution in [3.05, 3.63) is 76.1 Å². The van der Waals surface area contributed by atoms with Crippen molar-refractivity contribution in [2.75, 3.05) is 4.72 Å². The van der Waals surface area contributed by atoms with E-state index in [2.05, 4.69) is 15.0 Å². The van der Waals surface area contributed by atoms with E-state index in [1.165, 1.54) is 13.0 Å². The Morgan fingerprint density at radius 1 is 1.07 bits per heavy atom. The van der Waals surface area contributed by atoms with Crippen LogP contribution in [-0.2, 0) is 16.6 Å². The fraction of sp³-hybridized carbons (Fsp3) is 0.111. The number of anilines is 1. The highest BCUT2D eigenvalue weighted by molar-refractivity contribution is 7.93. The molecule has 0 aliphatic heterocycles. The maximum atomic E-state index is 13.7. The molecule has 3 rings (SSSR count). The molecule has 29 heavy (non-hydrogen) atoms. The first-order chi connectivity index (χ1) is 13.7. The highest BCUT2D eigenvalue weighted by atomic mass is 32.2. The maximum Gasteiger partial charge on any atom is 0.263 e. The normalized spacial score (nSPS) is 11.3. The van der Waals surface area contributed by atoms with E-state index in [-0.39, 0.29) is 32.7 Å². The molecule has 2 N–H and O–H groups in total. The molecule has 0 aliphatic carbocycles. The molecule has 1 aromatic heterocycles. The van der Waals surface area contributed by atoms with E-state index in [0.717, 1.165) is 47.7 Å². The number of hydrogen-bond acceptors (Lipinski definition) is 5. The predicted octanol–water partition coefficient (Wildman–Crippen LogP) is 3.60. The summed E-state index contributed by atoms with van der Waals surface area (Å²) < 4.78 is 67.2. The van der Waals surface area contributed by atoms with Crippen LogP contribution < -0.4 is 10.0 Å². The lowest BCUT2D eigenvalue weighted by molar-refractivity contribution is 0.0953. The first kappa shape index (κ1) is 20.8. The fourth-order valence-corrected chi connectivity index (χ4v) is 4.51. The van der Waals surface area contributed by atoms with Crippen molar-refractivity contribution >= 4 is 32.4 Å². The minimum atomic E-state index is -4.03.